The van der Waals surface area contributed by atoms with E-state index in [1.54, 1.807) is 12.1 Å². The smallest absolute Gasteiger partial charge is 0.236 e. The van der Waals surface area contributed by atoms with Crippen molar-refractivity contribution in [3.8, 4) is 11.3 Å². The number of amides is 1. The van der Waals surface area contributed by atoms with Crippen molar-refractivity contribution in [2.45, 2.75) is 32.1 Å². The van der Waals surface area contributed by atoms with Gasteiger partial charge in [0.2, 0.25) is 5.91 Å². The SMILES string of the molecule is Cc1cc(C)cc(NC(=O)C2(c3cc(-c4ccc(Cl)cc4)on3)CC2)c1. The quantitative estimate of drug-likeness (QED) is 0.683. The third kappa shape index (κ3) is 3.13. The monoisotopic (exact) mass is 366 g/mol. The summed E-state index contributed by atoms with van der Waals surface area (Å²) in [7, 11) is 0. The van der Waals surface area contributed by atoms with Crippen molar-refractivity contribution in [3.63, 3.8) is 0 Å². The summed E-state index contributed by atoms with van der Waals surface area (Å²) >= 11 is 5.93. The van der Waals surface area contributed by atoms with Crippen LogP contribution in [-0.2, 0) is 10.2 Å². The highest BCUT2D eigenvalue weighted by atomic mass is 35.5. The highest BCUT2D eigenvalue weighted by Crippen LogP contribution is 2.49. The van der Waals surface area contributed by atoms with Crippen LogP contribution in [0, 0.1) is 13.8 Å². The molecule has 1 aromatic heterocycles. The maximum absolute atomic E-state index is 12.9. The van der Waals surface area contributed by atoms with Gasteiger partial charge in [0.1, 0.15) is 0 Å². The van der Waals surface area contributed by atoms with E-state index in [0.717, 1.165) is 35.2 Å². The number of hydrogen-bond acceptors (Lipinski definition) is 3. The van der Waals surface area contributed by atoms with E-state index >= 15 is 0 Å². The molecule has 0 radical (unpaired) electrons. The fraction of sp³-hybridized carbons (Fsp3) is 0.238. The largest absolute Gasteiger partial charge is 0.356 e. The fourth-order valence-corrected chi connectivity index (χ4v) is 3.40. The first-order valence-electron chi connectivity index (χ1n) is 8.59. The van der Waals surface area contributed by atoms with E-state index in [-0.39, 0.29) is 5.91 Å². The normalized spacial score (nSPS) is 14.9. The summed E-state index contributed by atoms with van der Waals surface area (Å²) in [5.74, 6) is 0.612. The Hall–Kier alpha value is -2.59. The summed E-state index contributed by atoms with van der Waals surface area (Å²) in [5, 5.41) is 7.89. The molecule has 1 saturated carbocycles. The Morgan fingerprint density at radius 1 is 1.08 bits per heavy atom. The Bertz CT molecular complexity index is 952. The second-order valence-corrected chi connectivity index (χ2v) is 7.43. The molecule has 5 heteroatoms. The van der Waals surface area contributed by atoms with Gasteiger partial charge in [0, 0.05) is 22.3 Å². The molecule has 4 rings (SSSR count). The minimum atomic E-state index is -0.591. The molecule has 0 saturated heterocycles. The van der Waals surface area contributed by atoms with E-state index < -0.39 is 5.41 Å². The molecule has 132 valence electrons. The number of halogens is 1. The molecule has 1 aliphatic rings. The summed E-state index contributed by atoms with van der Waals surface area (Å²) in [5.41, 5.74) is 4.04. The van der Waals surface area contributed by atoms with Crippen LogP contribution in [0.15, 0.2) is 53.1 Å². The number of carbonyl (C=O) groups is 1. The molecular weight excluding hydrogens is 348 g/mol. The molecule has 26 heavy (non-hydrogen) atoms. The number of anilines is 1. The van der Waals surface area contributed by atoms with E-state index in [1.807, 2.05) is 44.2 Å². The third-order valence-corrected chi connectivity index (χ3v) is 5.05. The summed E-state index contributed by atoms with van der Waals surface area (Å²) < 4.78 is 5.48. The van der Waals surface area contributed by atoms with Gasteiger partial charge in [0.15, 0.2) is 5.76 Å². The van der Waals surface area contributed by atoms with Crippen molar-refractivity contribution in [3.05, 3.63) is 70.4 Å². The van der Waals surface area contributed by atoms with Crippen molar-refractivity contribution in [1.29, 1.82) is 0 Å². The number of aromatic nitrogens is 1. The van der Waals surface area contributed by atoms with Crippen LogP contribution in [0.1, 0.15) is 29.7 Å². The van der Waals surface area contributed by atoms with Gasteiger partial charge in [-0.05, 0) is 74.2 Å². The number of aryl methyl sites for hydroxylation is 2. The molecule has 1 amide bonds. The Labute approximate surface area is 157 Å². The molecule has 3 aromatic rings. The van der Waals surface area contributed by atoms with Crippen molar-refractivity contribution in [2.24, 2.45) is 0 Å². The van der Waals surface area contributed by atoms with Crippen molar-refractivity contribution in [2.75, 3.05) is 5.32 Å². The highest BCUT2D eigenvalue weighted by Gasteiger charge is 2.53. The zero-order valence-electron chi connectivity index (χ0n) is 14.7. The van der Waals surface area contributed by atoms with E-state index in [4.69, 9.17) is 16.1 Å². The van der Waals surface area contributed by atoms with Crippen LogP contribution in [0.25, 0.3) is 11.3 Å². The predicted molar refractivity (Wildman–Crippen MR) is 102 cm³/mol. The number of nitrogens with one attached hydrogen (secondary N) is 1. The Kier molecular flexibility index (Phi) is 4.08. The molecule has 1 heterocycles. The number of nitrogens with zero attached hydrogens (tertiary/aromatic N) is 1. The molecule has 0 unspecified atom stereocenters. The molecule has 1 fully saturated rings. The van der Waals surface area contributed by atoms with Crippen LogP contribution < -0.4 is 5.32 Å². The van der Waals surface area contributed by atoms with E-state index in [9.17, 15) is 4.79 Å². The second-order valence-electron chi connectivity index (χ2n) is 7.00. The molecule has 0 spiro atoms. The molecule has 0 atom stereocenters. The first-order valence-corrected chi connectivity index (χ1v) is 8.97. The van der Waals surface area contributed by atoms with Gasteiger partial charge in [-0.3, -0.25) is 4.79 Å². The summed E-state index contributed by atoms with van der Waals surface area (Å²) in [6.07, 6.45) is 1.55. The first-order chi connectivity index (χ1) is 12.5. The average Bonchev–Trinajstić information content (AvgIpc) is 3.25. The highest BCUT2D eigenvalue weighted by molar-refractivity contribution is 6.30. The van der Waals surface area contributed by atoms with E-state index in [1.165, 1.54) is 0 Å². The maximum atomic E-state index is 12.9. The van der Waals surface area contributed by atoms with Crippen LogP contribution in [0.3, 0.4) is 0 Å². The van der Waals surface area contributed by atoms with E-state index in [0.29, 0.717) is 16.5 Å². The minimum absolute atomic E-state index is 0.0292. The van der Waals surface area contributed by atoms with Crippen LogP contribution in [0.4, 0.5) is 5.69 Å². The van der Waals surface area contributed by atoms with Gasteiger partial charge in [-0.25, -0.2) is 0 Å². The zero-order valence-corrected chi connectivity index (χ0v) is 15.4. The summed E-state index contributed by atoms with van der Waals surface area (Å²) in [4.78, 5) is 12.9. The van der Waals surface area contributed by atoms with Gasteiger partial charge < -0.3 is 9.84 Å². The molecular formula is C21H19ClN2O2. The van der Waals surface area contributed by atoms with Gasteiger partial charge >= 0.3 is 0 Å². The lowest BCUT2D eigenvalue weighted by Gasteiger charge is -2.13. The van der Waals surface area contributed by atoms with Crippen LogP contribution in [0.2, 0.25) is 5.02 Å². The van der Waals surface area contributed by atoms with Crippen LogP contribution in [-0.4, -0.2) is 11.1 Å². The van der Waals surface area contributed by atoms with Crippen molar-refractivity contribution < 1.29 is 9.32 Å². The lowest BCUT2D eigenvalue weighted by Crippen LogP contribution is -2.28. The number of benzene rings is 2. The van der Waals surface area contributed by atoms with Crippen molar-refractivity contribution in [1.82, 2.24) is 5.16 Å². The maximum Gasteiger partial charge on any atom is 0.236 e. The topological polar surface area (TPSA) is 55.1 Å². The number of rotatable bonds is 4. The molecule has 0 bridgehead atoms. The molecule has 1 aliphatic carbocycles. The fourth-order valence-electron chi connectivity index (χ4n) is 3.27. The van der Waals surface area contributed by atoms with Gasteiger partial charge in [-0.1, -0.05) is 22.8 Å². The second kappa shape index (κ2) is 6.29. The van der Waals surface area contributed by atoms with Crippen LogP contribution >= 0.6 is 11.6 Å². The molecule has 2 aromatic carbocycles. The average molecular weight is 367 g/mol. The third-order valence-electron chi connectivity index (χ3n) is 4.79. The van der Waals surface area contributed by atoms with Crippen LogP contribution in [0.5, 0.6) is 0 Å². The lowest BCUT2D eigenvalue weighted by molar-refractivity contribution is -0.118. The van der Waals surface area contributed by atoms with Gasteiger partial charge in [0.25, 0.3) is 0 Å². The first kappa shape index (κ1) is 16.9. The van der Waals surface area contributed by atoms with E-state index in [2.05, 4.69) is 16.5 Å². The predicted octanol–water partition coefficient (Wildman–Crippen LogP) is 5.28. The Morgan fingerprint density at radius 3 is 2.35 bits per heavy atom. The lowest BCUT2D eigenvalue weighted by atomic mass is 10.00. The summed E-state index contributed by atoms with van der Waals surface area (Å²) in [6, 6.07) is 15.3. The minimum Gasteiger partial charge on any atom is -0.356 e. The van der Waals surface area contributed by atoms with Gasteiger partial charge in [-0.15, -0.1) is 0 Å². The Balaban J connectivity index is 1.57. The molecule has 1 N–H and O–H groups in total. The zero-order chi connectivity index (χ0) is 18.3. The number of carbonyl (C=O) groups excluding carboxylic acids is 1. The summed E-state index contributed by atoms with van der Waals surface area (Å²) in [6.45, 7) is 4.04. The van der Waals surface area contributed by atoms with Gasteiger partial charge in [-0.2, -0.15) is 0 Å². The molecule has 4 nitrogen and oxygen atoms in total. The Morgan fingerprint density at radius 2 is 1.73 bits per heavy atom. The standard InChI is InChI=1S/C21H19ClN2O2/c1-13-9-14(2)11-17(10-13)23-20(25)21(7-8-21)19-12-18(26-24-19)15-3-5-16(22)6-4-15/h3-6,9-12H,7-8H2,1-2H3,(H,23,25). The molecule has 0 aliphatic heterocycles. The van der Waals surface area contributed by atoms with Gasteiger partial charge in [0.05, 0.1) is 11.1 Å². The number of hydrogen-bond donors (Lipinski definition) is 1. The van der Waals surface area contributed by atoms with Crippen molar-refractivity contribution >= 4 is 23.2 Å².